The Balaban J connectivity index is 1.77. The van der Waals surface area contributed by atoms with Crippen molar-refractivity contribution in [2.45, 2.75) is 46.1 Å². The van der Waals surface area contributed by atoms with Gasteiger partial charge < -0.3 is 15.4 Å². The van der Waals surface area contributed by atoms with Gasteiger partial charge >= 0.3 is 0 Å². The molecule has 0 unspecified atom stereocenters. The maximum Gasteiger partial charge on any atom is 0.262 e. The Bertz CT molecular complexity index is 668. The number of carbonyl (C=O) groups excluding carboxylic acids is 1. The number of hydrogen-bond acceptors (Lipinski definition) is 3. The Labute approximate surface area is 157 Å². The Morgan fingerprint density at radius 3 is 2.54 bits per heavy atom. The third kappa shape index (κ3) is 7.28. The summed E-state index contributed by atoms with van der Waals surface area (Å²) in [5.74, 6) is 0.601. The van der Waals surface area contributed by atoms with Crippen molar-refractivity contribution in [3.8, 4) is 5.75 Å². The van der Waals surface area contributed by atoms with Gasteiger partial charge in [0.15, 0.2) is 6.61 Å². The van der Waals surface area contributed by atoms with Crippen LogP contribution in [-0.4, -0.2) is 19.1 Å². The summed E-state index contributed by atoms with van der Waals surface area (Å²) in [6.45, 7) is 5.99. The second kappa shape index (κ2) is 11.3. The average Bonchev–Trinajstić information content (AvgIpc) is 2.65. The van der Waals surface area contributed by atoms with Crippen molar-refractivity contribution < 1.29 is 9.53 Å². The van der Waals surface area contributed by atoms with Gasteiger partial charge in [0.05, 0.1) is 0 Å². The molecule has 0 aliphatic carbocycles. The van der Waals surface area contributed by atoms with E-state index < -0.39 is 0 Å². The summed E-state index contributed by atoms with van der Waals surface area (Å²) >= 11 is 0. The Kier molecular flexibility index (Phi) is 8.70. The molecule has 0 saturated heterocycles. The fraction of sp³-hybridized carbons (Fsp3) is 0.409. The van der Waals surface area contributed by atoms with E-state index >= 15 is 0 Å². The lowest BCUT2D eigenvalue weighted by Crippen LogP contribution is -2.21. The van der Waals surface area contributed by atoms with Crippen molar-refractivity contribution in [3.63, 3.8) is 0 Å². The standard InChI is InChI=1S/C22H30N2O2/c1-3-4-5-8-15-23-16-19-9-6-7-10-21(19)26-17-22(25)24-20-13-11-18(2)12-14-20/h6-7,9-14,23H,3-5,8,15-17H2,1-2H3,(H,24,25). The predicted octanol–water partition coefficient (Wildman–Crippen LogP) is 4.68. The van der Waals surface area contributed by atoms with Crippen LogP contribution in [0.4, 0.5) is 5.69 Å². The number of ether oxygens (including phenoxy) is 1. The van der Waals surface area contributed by atoms with Gasteiger partial charge in [-0.25, -0.2) is 0 Å². The van der Waals surface area contributed by atoms with Crippen molar-refractivity contribution >= 4 is 11.6 Å². The summed E-state index contributed by atoms with van der Waals surface area (Å²) in [6, 6.07) is 15.6. The molecule has 0 saturated carbocycles. The van der Waals surface area contributed by atoms with E-state index in [-0.39, 0.29) is 12.5 Å². The highest BCUT2D eigenvalue weighted by atomic mass is 16.5. The van der Waals surface area contributed by atoms with Gasteiger partial charge in [-0.1, -0.05) is 62.1 Å². The van der Waals surface area contributed by atoms with Crippen LogP contribution in [0.15, 0.2) is 48.5 Å². The molecule has 0 aliphatic heterocycles. The number of anilines is 1. The fourth-order valence-corrected chi connectivity index (χ4v) is 2.67. The Morgan fingerprint density at radius 2 is 1.77 bits per heavy atom. The summed E-state index contributed by atoms with van der Waals surface area (Å²) in [6.07, 6.45) is 5.00. The molecule has 140 valence electrons. The Morgan fingerprint density at radius 1 is 1.00 bits per heavy atom. The zero-order valence-corrected chi connectivity index (χ0v) is 15.9. The second-order valence-electron chi connectivity index (χ2n) is 6.55. The number of amides is 1. The minimum Gasteiger partial charge on any atom is -0.483 e. The minimum atomic E-state index is -0.156. The van der Waals surface area contributed by atoms with E-state index in [0.717, 1.165) is 35.7 Å². The largest absolute Gasteiger partial charge is 0.483 e. The lowest BCUT2D eigenvalue weighted by Gasteiger charge is -2.12. The first kappa shape index (κ1) is 20.0. The third-order valence-electron chi connectivity index (χ3n) is 4.19. The van der Waals surface area contributed by atoms with Crippen molar-refractivity contribution in [2.75, 3.05) is 18.5 Å². The molecule has 0 radical (unpaired) electrons. The van der Waals surface area contributed by atoms with Gasteiger partial charge in [-0.05, 0) is 38.1 Å². The zero-order valence-electron chi connectivity index (χ0n) is 15.9. The van der Waals surface area contributed by atoms with Crippen LogP contribution < -0.4 is 15.4 Å². The van der Waals surface area contributed by atoms with Gasteiger partial charge in [0, 0.05) is 17.8 Å². The molecule has 0 heterocycles. The first-order chi connectivity index (χ1) is 12.7. The molecule has 0 bridgehead atoms. The van der Waals surface area contributed by atoms with Gasteiger partial charge in [-0.2, -0.15) is 0 Å². The average molecular weight is 354 g/mol. The lowest BCUT2D eigenvalue weighted by molar-refractivity contribution is -0.118. The molecule has 1 amide bonds. The molecule has 2 aromatic rings. The van der Waals surface area contributed by atoms with E-state index in [2.05, 4.69) is 17.6 Å². The number of aryl methyl sites for hydroxylation is 1. The van der Waals surface area contributed by atoms with Gasteiger partial charge in [-0.15, -0.1) is 0 Å². The van der Waals surface area contributed by atoms with Gasteiger partial charge in [0.2, 0.25) is 0 Å². The van der Waals surface area contributed by atoms with Crippen molar-refractivity contribution in [1.29, 1.82) is 0 Å². The highest BCUT2D eigenvalue weighted by Gasteiger charge is 2.07. The SMILES string of the molecule is CCCCCCNCc1ccccc1OCC(=O)Nc1ccc(C)cc1. The van der Waals surface area contributed by atoms with E-state index in [9.17, 15) is 4.79 Å². The monoisotopic (exact) mass is 354 g/mol. The molecule has 2 N–H and O–H groups in total. The lowest BCUT2D eigenvalue weighted by atomic mass is 10.2. The summed E-state index contributed by atoms with van der Waals surface area (Å²) in [4.78, 5) is 12.1. The fourth-order valence-electron chi connectivity index (χ4n) is 2.67. The van der Waals surface area contributed by atoms with E-state index in [4.69, 9.17) is 4.74 Å². The highest BCUT2D eigenvalue weighted by Crippen LogP contribution is 2.18. The molecule has 0 aliphatic rings. The number of benzene rings is 2. The summed E-state index contributed by atoms with van der Waals surface area (Å²) < 4.78 is 5.74. The highest BCUT2D eigenvalue weighted by molar-refractivity contribution is 5.91. The molecule has 0 aromatic heterocycles. The zero-order chi connectivity index (χ0) is 18.6. The first-order valence-electron chi connectivity index (χ1n) is 9.47. The van der Waals surface area contributed by atoms with Crippen LogP contribution in [0.5, 0.6) is 5.75 Å². The van der Waals surface area contributed by atoms with Gasteiger partial charge in [0.1, 0.15) is 5.75 Å². The number of para-hydroxylation sites is 1. The number of hydrogen-bond donors (Lipinski definition) is 2. The van der Waals surface area contributed by atoms with Crippen molar-refractivity contribution in [1.82, 2.24) is 5.32 Å². The molecular formula is C22H30N2O2. The molecule has 2 aromatic carbocycles. The normalized spacial score (nSPS) is 10.5. The maximum atomic E-state index is 12.1. The molecule has 4 nitrogen and oxygen atoms in total. The number of unbranched alkanes of at least 4 members (excludes halogenated alkanes) is 3. The third-order valence-corrected chi connectivity index (χ3v) is 4.19. The van der Waals surface area contributed by atoms with Crippen LogP contribution in [0.1, 0.15) is 43.7 Å². The topological polar surface area (TPSA) is 50.4 Å². The molecule has 0 atom stereocenters. The van der Waals surface area contributed by atoms with E-state index in [0.29, 0.717) is 0 Å². The molecule has 4 heteroatoms. The van der Waals surface area contributed by atoms with Crippen LogP contribution in [-0.2, 0) is 11.3 Å². The van der Waals surface area contributed by atoms with Crippen molar-refractivity contribution in [2.24, 2.45) is 0 Å². The van der Waals surface area contributed by atoms with E-state index in [1.165, 1.54) is 25.7 Å². The molecule has 0 spiro atoms. The van der Waals surface area contributed by atoms with Crippen LogP contribution in [0.2, 0.25) is 0 Å². The van der Waals surface area contributed by atoms with Crippen LogP contribution >= 0.6 is 0 Å². The van der Waals surface area contributed by atoms with E-state index in [1.807, 2.05) is 55.5 Å². The first-order valence-corrected chi connectivity index (χ1v) is 9.47. The van der Waals surface area contributed by atoms with Crippen LogP contribution in [0, 0.1) is 6.92 Å². The summed E-state index contributed by atoms with van der Waals surface area (Å²) in [5, 5.41) is 6.30. The summed E-state index contributed by atoms with van der Waals surface area (Å²) in [7, 11) is 0. The van der Waals surface area contributed by atoms with Gasteiger partial charge in [-0.3, -0.25) is 4.79 Å². The number of carbonyl (C=O) groups is 1. The molecule has 2 rings (SSSR count). The predicted molar refractivity (Wildman–Crippen MR) is 108 cm³/mol. The smallest absolute Gasteiger partial charge is 0.262 e. The van der Waals surface area contributed by atoms with E-state index in [1.54, 1.807) is 0 Å². The second-order valence-corrected chi connectivity index (χ2v) is 6.55. The molecular weight excluding hydrogens is 324 g/mol. The van der Waals surface area contributed by atoms with Gasteiger partial charge in [0.25, 0.3) is 5.91 Å². The quantitative estimate of drug-likeness (QED) is 0.576. The van der Waals surface area contributed by atoms with Crippen LogP contribution in [0.3, 0.4) is 0 Å². The van der Waals surface area contributed by atoms with Crippen LogP contribution in [0.25, 0.3) is 0 Å². The Hall–Kier alpha value is -2.33. The summed E-state index contributed by atoms with van der Waals surface area (Å²) in [5.41, 5.74) is 3.02. The molecule has 0 fully saturated rings. The number of rotatable bonds is 11. The number of nitrogens with one attached hydrogen (secondary N) is 2. The molecule has 26 heavy (non-hydrogen) atoms. The van der Waals surface area contributed by atoms with Crippen molar-refractivity contribution in [3.05, 3.63) is 59.7 Å². The minimum absolute atomic E-state index is 0.00138. The maximum absolute atomic E-state index is 12.1.